The Kier molecular flexibility index (Phi) is 6.30. The Labute approximate surface area is 203 Å². The molecule has 1 amide bonds. The average molecular weight is 461 g/mol. The van der Waals surface area contributed by atoms with Crippen molar-refractivity contribution in [1.82, 2.24) is 25.5 Å². The topological polar surface area (TPSA) is 95.6 Å². The van der Waals surface area contributed by atoms with Gasteiger partial charge in [-0.05, 0) is 79.2 Å². The normalized spacial score (nSPS) is 11.1. The summed E-state index contributed by atoms with van der Waals surface area (Å²) >= 11 is 0. The fourth-order valence-corrected chi connectivity index (χ4v) is 3.77. The number of aryl methyl sites for hydroxylation is 1. The summed E-state index contributed by atoms with van der Waals surface area (Å²) in [5.41, 5.74) is 6.71. The number of pyridine rings is 2. The van der Waals surface area contributed by atoms with Gasteiger partial charge in [0, 0.05) is 23.5 Å². The van der Waals surface area contributed by atoms with Gasteiger partial charge in [-0.2, -0.15) is 5.10 Å². The van der Waals surface area contributed by atoms with Gasteiger partial charge in [0.2, 0.25) is 0 Å². The van der Waals surface area contributed by atoms with Gasteiger partial charge in [-0.3, -0.25) is 19.9 Å². The predicted octanol–water partition coefficient (Wildman–Crippen LogP) is 5.51. The summed E-state index contributed by atoms with van der Waals surface area (Å²) in [7, 11) is 0. The minimum Gasteiger partial charge on any atom is -0.355 e. The molecule has 0 aliphatic heterocycles. The van der Waals surface area contributed by atoms with E-state index in [4.69, 9.17) is 0 Å². The first kappa shape index (κ1) is 22.0. The average Bonchev–Trinajstić information content (AvgIpc) is 3.29. The zero-order chi connectivity index (χ0) is 24.0. The molecule has 5 aromatic rings. The Morgan fingerprint density at radius 3 is 2.69 bits per heavy atom. The van der Waals surface area contributed by atoms with Crippen molar-refractivity contribution in [3.8, 4) is 0 Å². The quantitative estimate of drug-likeness (QED) is 0.298. The number of aromatic nitrogens is 4. The van der Waals surface area contributed by atoms with Gasteiger partial charge >= 0.3 is 0 Å². The van der Waals surface area contributed by atoms with Crippen molar-refractivity contribution < 1.29 is 4.79 Å². The molecule has 0 spiro atoms. The molecule has 172 valence electrons. The number of fused-ring (bicyclic) bond motifs is 1. The first-order chi connectivity index (χ1) is 17.2. The van der Waals surface area contributed by atoms with Crippen molar-refractivity contribution in [2.75, 3.05) is 5.32 Å². The number of nitrogens with zero attached hydrogens (tertiary/aromatic N) is 3. The van der Waals surface area contributed by atoms with Crippen LogP contribution in [0.4, 0.5) is 11.4 Å². The maximum Gasteiger partial charge on any atom is 0.253 e. The van der Waals surface area contributed by atoms with E-state index >= 15 is 0 Å². The van der Waals surface area contributed by atoms with Gasteiger partial charge in [-0.25, -0.2) is 0 Å². The number of benzene rings is 2. The molecule has 0 aliphatic rings. The van der Waals surface area contributed by atoms with E-state index in [-0.39, 0.29) is 5.91 Å². The third-order valence-corrected chi connectivity index (χ3v) is 5.55. The van der Waals surface area contributed by atoms with Crippen molar-refractivity contribution in [2.45, 2.75) is 13.5 Å². The Balaban J connectivity index is 1.32. The molecule has 0 atom stereocenters. The zero-order valence-electron chi connectivity index (χ0n) is 19.2. The van der Waals surface area contributed by atoms with Crippen LogP contribution in [0.1, 0.15) is 33.0 Å². The van der Waals surface area contributed by atoms with E-state index < -0.39 is 0 Å². The van der Waals surface area contributed by atoms with Gasteiger partial charge in [-0.15, -0.1) is 0 Å². The minimum atomic E-state index is -0.168. The van der Waals surface area contributed by atoms with E-state index in [1.807, 2.05) is 85.8 Å². The maximum atomic E-state index is 12.8. The van der Waals surface area contributed by atoms with E-state index in [1.54, 1.807) is 18.5 Å². The SMILES string of the molecule is Cc1ccnc(/C=C/c2n[nH]c3cc(Nc4ccccc4C(=O)NCc4ccccn4)ccc23)c1. The lowest BCUT2D eigenvalue weighted by Crippen LogP contribution is -2.24. The van der Waals surface area contributed by atoms with Crippen LogP contribution in [0.2, 0.25) is 0 Å². The highest BCUT2D eigenvalue weighted by Gasteiger charge is 2.12. The monoisotopic (exact) mass is 460 g/mol. The second-order valence-electron chi connectivity index (χ2n) is 8.13. The van der Waals surface area contributed by atoms with Crippen LogP contribution in [0.3, 0.4) is 0 Å². The number of H-pyrrole nitrogens is 1. The summed E-state index contributed by atoms with van der Waals surface area (Å²) in [6.07, 6.45) is 7.42. The van der Waals surface area contributed by atoms with Gasteiger partial charge < -0.3 is 10.6 Å². The zero-order valence-corrected chi connectivity index (χ0v) is 19.2. The number of para-hydroxylation sites is 1. The lowest BCUT2D eigenvalue weighted by atomic mass is 10.1. The van der Waals surface area contributed by atoms with E-state index in [0.717, 1.165) is 44.9 Å². The standard InChI is InChI=1S/C28H24N6O/c1-19-13-15-30-20(16-19)10-12-26-23-11-9-21(17-27(23)34-33-26)32-25-8-3-2-7-24(25)28(35)31-18-22-6-4-5-14-29-22/h2-17,32H,18H2,1H3,(H,31,35)(H,33,34)/b12-10+. The molecule has 0 fully saturated rings. The third kappa shape index (κ3) is 5.25. The van der Waals surface area contributed by atoms with Crippen molar-refractivity contribution >= 4 is 40.3 Å². The number of aromatic amines is 1. The van der Waals surface area contributed by atoms with Crippen LogP contribution in [-0.2, 0) is 6.54 Å². The highest BCUT2D eigenvalue weighted by molar-refractivity contribution is 6.00. The molecular weight excluding hydrogens is 436 g/mol. The molecule has 3 N–H and O–H groups in total. The molecule has 5 rings (SSSR count). The molecule has 7 nitrogen and oxygen atoms in total. The van der Waals surface area contributed by atoms with Gasteiger partial charge in [0.05, 0.1) is 40.4 Å². The second kappa shape index (κ2) is 10.0. The van der Waals surface area contributed by atoms with Gasteiger partial charge in [0.25, 0.3) is 5.91 Å². The van der Waals surface area contributed by atoms with Crippen LogP contribution in [0, 0.1) is 6.92 Å². The van der Waals surface area contributed by atoms with Crippen molar-refractivity contribution in [1.29, 1.82) is 0 Å². The smallest absolute Gasteiger partial charge is 0.253 e. The van der Waals surface area contributed by atoms with Crippen LogP contribution >= 0.6 is 0 Å². The first-order valence-corrected chi connectivity index (χ1v) is 11.3. The van der Waals surface area contributed by atoms with E-state index in [1.165, 1.54) is 0 Å². The molecule has 7 heteroatoms. The minimum absolute atomic E-state index is 0.168. The molecule has 0 bridgehead atoms. The number of amides is 1. The predicted molar refractivity (Wildman–Crippen MR) is 139 cm³/mol. The number of nitrogens with one attached hydrogen (secondary N) is 3. The molecule has 3 aromatic heterocycles. The van der Waals surface area contributed by atoms with Gasteiger partial charge in [-0.1, -0.05) is 18.2 Å². The molecule has 0 saturated heterocycles. The molecular formula is C28H24N6O. The fraction of sp³-hybridized carbons (Fsp3) is 0.0714. The number of hydrogen-bond donors (Lipinski definition) is 3. The largest absolute Gasteiger partial charge is 0.355 e. The molecule has 0 unspecified atom stereocenters. The number of hydrogen-bond acceptors (Lipinski definition) is 5. The lowest BCUT2D eigenvalue weighted by molar-refractivity contribution is 0.0951. The number of anilines is 2. The summed E-state index contributed by atoms with van der Waals surface area (Å²) in [5.74, 6) is -0.168. The van der Waals surface area contributed by atoms with Crippen molar-refractivity contribution in [2.24, 2.45) is 0 Å². The Hall–Kier alpha value is -4.78. The van der Waals surface area contributed by atoms with Crippen molar-refractivity contribution in [3.05, 3.63) is 113 Å². The summed E-state index contributed by atoms with van der Waals surface area (Å²) in [6, 6.07) is 23.0. The Morgan fingerprint density at radius 2 is 1.83 bits per heavy atom. The van der Waals surface area contributed by atoms with Crippen LogP contribution in [0.15, 0.2) is 85.2 Å². The summed E-state index contributed by atoms with van der Waals surface area (Å²) in [5, 5.41) is 14.8. The van der Waals surface area contributed by atoms with E-state index in [9.17, 15) is 4.79 Å². The first-order valence-electron chi connectivity index (χ1n) is 11.3. The molecule has 3 heterocycles. The lowest BCUT2D eigenvalue weighted by Gasteiger charge is -2.12. The van der Waals surface area contributed by atoms with Crippen LogP contribution in [-0.4, -0.2) is 26.1 Å². The molecule has 0 radical (unpaired) electrons. The fourth-order valence-electron chi connectivity index (χ4n) is 3.77. The van der Waals surface area contributed by atoms with E-state index in [2.05, 4.69) is 30.8 Å². The Morgan fingerprint density at radius 1 is 0.943 bits per heavy atom. The summed E-state index contributed by atoms with van der Waals surface area (Å²) in [4.78, 5) is 21.5. The van der Waals surface area contributed by atoms with Gasteiger partial charge in [0.15, 0.2) is 0 Å². The highest BCUT2D eigenvalue weighted by Crippen LogP contribution is 2.26. The second-order valence-corrected chi connectivity index (χ2v) is 8.13. The summed E-state index contributed by atoms with van der Waals surface area (Å²) in [6.45, 7) is 2.41. The number of rotatable bonds is 7. The Bertz CT molecular complexity index is 1510. The maximum absolute atomic E-state index is 12.8. The van der Waals surface area contributed by atoms with Crippen molar-refractivity contribution in [3.63, 3.8) is 0 Å². The molecule has 35 heavy (non-hydrogen) atoms. The number of carbonyl (C=O) groups excluding carboxylic acids is 1. The van der Waals surface area contributed by atoms with Gasteiger partial charge in [0.1, 0.15) is 0 Å². The van der Waals surface area contributed by atoms with Crippen LogP contribution in [0.25, 0.3) is 23.1 Å². The highest BCUT2D eigenvalue weighted by atomic mass is 16.1. The summed E-state index contributed by atoms with van der Waals surface area (Å²) < 4.78 is 0. The molecule has 0 aliphatic carbocycles. The number of carbonyl (C=O) groups is 1. The van der Waals surface area contributed by atoms with Crippen LogP contribution < -0.4 is 10.6 Å². The third-order valence-electron chi connectivity index (χ3n) is 5.55. The molecule has 0 saturated carbocycles. The van der Waals surface area contributed by atoms with E-state index in [0.29, 0.717) is 12.1 Å². The molecule has 2 aromatic carbocycles. The van der Waals surface area contributed by atoms with Crippen LogP contribution in [0.5, 0.6) is 0 Å².